The highest BCUT2D eigenvalue weighted by molar-refractivity contribution is 8.00. The first-order chi connectivity index (χ1) is 16.4. The fraction of sp³-hybridized carbons (Fsp3) is 0.360. The Morgan fingerprint density at radius 1 is 1.03 bits per heavy atom. The minimum Gasteiger partial charge on any atom is -0.341 e. The molecule has 1 unspecified atom stereocenters. The van der Waals surface area contributed by atoms with E-state index in [4.69, 9.17) is 11.6 Å². The molecule has 0 bridgehead atoms. The Bertz CT molecular complexity index is 1250. The quantitative estimate of drug-likeness (QED) is 0.361. The van der Waals surface area contributed by atoms with E-state index in [1.807, 2.05) is 54.0 Å². The molecule has 2 aliphatic heterocycles. The zero-order valence-corrected chi connectivity index (χ0v) is 20.8. The normalized spacial score (nSPS) is 16.1. The third-order valence-electron chi connectivity index (χ3n) is 6.39. The van der Waals surface area contributed by atoms with Gasteiger partial charge in [-0.15, -0.1) is 10.2 Å². The molecule has 1 amide bonds. The van der Waals surface area contributed by atoms with E-state index < -0.39 is 0 Å². The summed E-state index contributed by atoms with van der Waals surface area (Å²) in [6.45, 7) is 5.97. The smallest absolute Gasteiger partial charge is 0.232 e. The Labute approximate surface area is 208 Å². The highest BCUT2D eigenvalue weighted by Crippen LogP contribution is 2.35. The van der Waals surface area contributed by atoms with Crippen molar-refractivity contribution >= 4 is 46.7 Å². The van der Waals surface area contributed by atoms with Gasteiger partial charge < -0.3 is 9.80 Å². The van der Waals surface area contributed by atoms with Crippen LogP contribution in [-0.4, -0.2) is 51.3 Å². The lowest BCUT2D eigenvalue weighted by atomic mass is 10.0. The predicted octanol–water partition coefficient (Wildman–Crippen LogP) is 4.79. The third kappa shape index (κ3) is 4.20. The number of aromatic nitrogens is 3. The molecule has 2 aromatic carbocycles. The second-order valence-electron chi connectivity index (χ2n) is 8.65. The fourth-order valence-corrected chi connectivity index (χ4v) is 5.79. The first-order valence-corrected chi connectivity index (χ1v) is 12.8. The molecule has 2 aliphatic rings. The molecule has 1 aromatic heterocycles. The van der Waals surface area contributed by atoms with E-state index in [9.17, 15) is 9.59 Å². The van der Waals surface area contributed by atoms with Crippen molar-refractivity contribution < 1.29 is 9.59 Å². The van der Waals surface area contributed by atoms with Gasteiger partial charge in [-0.05, 0) is 62.1 Å². The highest BCUT2D eigenvalue weighted by atomic mass is 35.5. The number of thioether (sulfide) groups is 1. The summed E-state index contributed by atoms with van der Waals surface area (Å²) in [5.74, 6) is 0.801. The van der Waals surface area contributed by atoms with Crippen molar-refractivity contribution in [3.63, 3.8) is 0 Å². The number of carbonyl (C=O) groups excluding carboxylic acids is 2. The Morgan fingerprint density at radius 2 is 1.79 bits per heavy atom. The second kappa shape index (κ2) is 9.43. The van der Waals surface area contributed by atoms with Crippen molar-refractivity contribution in [1.82, 2.24) is 14.8 Å². The van der Waals surface area contributed by atoms with Crippen molar-refractivity contribution in [3.05, 3.63) is 58.6 Å². The number of nitrogens with zero attached hydrogens (tertiary/aromatic N) is 5. The van der Waals surface area contributed by atoms with Crippen LogP contribution < -0.4 is 9.80 Å². The van der Waals surface area contributed by atoms with E-state index in [0.29, 0.717) is 22.3 Å². The van der Waals surface area contributed by atoms with Gasteiger partial charge in [0.05, 0.1) is 16.0 Å². The third-order valence-corrected chi connectivity index (χ3v) is 7.75. The lowest BCUT2D eigenvalue weighted by molar-refractivity contribution is -0.116. The number of Topliss-reactive ketones (excluding diaryl/α,β-unsaturated/α-hetero) is 1. The van der Waals surface area contributed by atoms with Crippen LogP contribution in [0.15, 0.2) is 47.6 Å². The summed E-state index contributed by atoms with van der Waals surface area (Å²) < 4.78 is 1.97. The monoisotopic (exact) mass is 495 g/mol. The molecule has 1 fully saturated rings. The van der Waals surface area contributed by atoms with Gasteiger partial charge in [0.1, 0.15) is 0 Å². The van der Waals surface area contributed by atoms with Gasteiger partial charge in [-0.2, -0.15) is 0 Å². The first kappa shape index (κ1) is 22.9. The van der Waals surface area contributed by atoms with Crippen LogP contribution in [0.1, 0.15) is 42.6 Å². The number of para-hydroxylation sites is 1. The van der Waals surface area contributed by atoms with Gasteiger partial charge in [0.2, 0.25) is 11.9 Å². The van der Waals surface area contributed by atoms with E-state index in [-0.39, 0.29) is 16.9 Å². The maximum absolute atomic E-state index is 13.3. The van der Waals surface area contributed by atoms with Gasteiger partial charge in [0, 0.05) is 37.8 Å². The molecule has 176 valence electrons. The Kier molecular flexibility index (Phi) is 6.36. The number of carbonyl (C=O) groups is 2. The summed E-state index contributed by atoms with van der Waals surface area (Å²) in [6.07, 6.45) is 3.00. The zero-order valence-electron chi connectivity index (χ0n) is 19.2. The molecule has 7 nitrogen and oxygen atoms in total. The lowest BCUT2D eigenvalue weighted by Gasteiger charge is -2.19. The number of anilines is 2. The van der Waals surface area contributed by atoms with Crippen molar-refractivity contribution in [1.29, 1.82) is 0 Å². The Morgan fingerprint density at radius 3 is 2.53 bits per heavy atom. The fourth-order valence-electron chi connectivity index (χ4n) is 4.63. The number of fused-ring (bicyclic) bond motifs is 1. The van der Waals surface area contributed by atoms with Gasteiger partial charge in [-0.3, -0.25) is 14.2 Å². The first-order valence-electron chi connectivity index (χ1n) is 11.5. The number of amides is 1. The van der Waals surface area contributed by atoms with Crippen LogP contribution in [0.4, 0.5) is 11.6 Å². The lowest BCUT2D eigenvalue weighted by Crippen LogP contribution is -2.25. The maximum atomic E-state index is 13.3. The van der Waals surface area contributed by atoms with E-state index in [0.717, 1.165) is 55.2 Å². The van der Waals surface area contributed by atoms with Crippen LogP contribution >= 0.6 is 23.4 Å². The molecule has 1 saturated heterocycles. The van der Waals surface area contributed by atoms with Gasteiger partial charge in [-0.1, -0.05) is 35.5 Å². The largest absolute Gasteiger partial charge is 0.341 e. The van der Waals surface area contributed by atoms with Crippen LogP contribution in [0.5, 0.6) is 0 Å². The van der Waals surface area contributed by atoms with E-state index in [1.54, 1.807) is 11.8 Å². The predicted molar refractivity (Wildman–Crippen MR) is 136 cm³/mol. The van der Waals surface area contributed by atoms with Crippen LogP contribution in [0.3, 0.4) is 0 Å². The molecule has 0 spiro atoms. The van der Waals surface area contributed by atoms with Gasteiger partial charge >= 0.3 is 0 Å². The molecule has 0 saturated carbocycles. The molecule has 0 N–H and O–H groups in total. The molecule has 34 heavy (non-hydrogen) atoms. The van der Waals surface area contributed by atoms with Crippen molar-refractivity contribution in [3.8, 4) is 5.69 Å². The number of halogens is 1. The Balaban J connectivity index is 1.43. The second-order valence-corrected chi connectivity index (χ2v) is 10.4. The van der Waals surface area contributed by atoms with Gasteiger partial charge in [0.25, 0.3) is 0 Å². The van der Waals surface area contributed by atoms with E-state index >= 15 is 0 Å². The summed E-state index contributed by atoms with van der Waals surface area (Å²) in [5, 5.41) is 9.82. The van der Waals surface area contributed by atoms with Crippen molar-refractivity contribution in [2.24, 2.45) is 0 Å². The van der Waals surface area contributed by atoms with E-state index in [2.05, 4.69) is 15.1 Å². The highest BCUT2D eigenvalue weighted by Gasteiger charge is 2.28. The van der Waals surface area contributed by atoms with E-state index in [1.165, 1.54) is 11.8 Å². The van der Waals surface area contributed by atoms with Gasteiger partial charge in [-0.25, -0.2) is 0 Å². The van der Waals surface area contributed by atoms with Crippen LogP contribution in [-0.2, 0) is 11.2 Å². The Hall–Kier alpha value is -2.84. The molecular weight excluding hydrogens is 470 g/mol. The number of rotatable bonds is 6. The molecule has 1 atom stereocenters. The molecule has 0 radical (unpaired) electrons. The number of ketones is 1. The maximum Gasteiger partial charge on any atom is 0.232 e. The molecule has 3 aromatic rings. The van der Waals surface area contributed by atoms with Gasteiger partial charge in [0.15, 0.2) is 10.9 Å². The summed E-state index contributed by atoms with van der Waals surface area (Å²) >= 11 is 7.94. The number of hydrogen-bond acceptors (Lipinski definition) is 6. The summed E-state index contributed by atoms with van der Waals surface area (Å²) in [4.78, 5) is 29.2. The van der Waals surface area contributed by atoms with Crippen LogP contribution in [0, 0.1) is 0 Å². The van der Waals surface area contributed by atoms with Crippen LogP contribution in [0.25, 0.3) is 5.69 Å². The molecule has 9 heteroatoms. The number of benzene rings is 2. The molecular formula is C25H26ClN5O2S. The zero-order chi connectivity index (χ0) is 23.8. The topological polar surface area (TPSA) is 71.3 Å². The minimum atomic E-state index is -0.375. The summed E-state index contributed by atoms with van der Waals surface area (Å²) in [7, 11) is 0. The molecule has 5 rings (SSSR count). The molecule has 0 aliphatic carbocycles. The number of hydrogen-bond donors (Lipinski definition) is 0. The van der Waals surface area contributed by atoms with Crippen LogP contribution in [0.2, 0.25) is 5.02 Å². The average Bonchev–Trinajstić information content (AvgIpc) is 3.58. The average molecular weight is 496 g/mol. The summed E-state index contributed by atoms with van der Waals surface area (Å²) in [5.41, 5.74) is 3.39. The SMILES string of the molecule is CC(=O)N1CCc2cc(C(=O)C(C)Sc3nnc(N4CCCC4)n3-c3ccccc3Cl)ccc21. The minimum absolute atomic E-state index is 0.0190. The summed E-state index contributed by atoms with van der Waals surface area (Å²) in [6, 6.07) is 13.2. The molecule has 3 heterocycles. The van der Waals surface area contributed by atoms with Crippen molar-refractivity contribution in [2.75, 3.05) is 29.4 Å². The standard InChI is InChI=1S/C25H26ClN5O2S/c1-16(23(33)19-9-10-21-18(15-19)11-14-30(21)17(2)32)34-25-28-27-24(29-12-5-6-13-29)31(25)22-8-4-3-7-20(22)26/h3-4,7-10,15-16H,5-6,11-14H2,1-2H3. The van der Waals surface area contributed by atoms with Crippen molar-refractivity contribution in [2.45, 2.75) is 43.5 Å².